The first-order chi connectivity index (χ1) is 9.93. The molecule has 0 saturated heterocycles. The molecule has 7 heteroatoms. The molecule has 1 rings (SSSR count). The molecular weight excluding hydrogens is 276 g/mol. The van der Waals surface area contributed by atoms with E-state index < -0.39 is 17.9 Å². The van der Waals surface area contributed by atoms with Crippen LogP contribution in [0.25, 0.3) is 0 Å². The van der Waals surface area contributed by atoms with Gasteiger partial charge in [0.1, 0.15) is 11.8 Å². The average Bonchev–Trinajstić information content (AvgIpc) is 2.42. The van der Waals surface area contributed by atoms with Gasteiger partial charge in [0.2, 0.25) is 5.91 Å². The summed E-state index contributed by atoms with van der Waals surface area (Å²) >= 11 is 0. The summed E-state index contributed by atoms with van der Waals surface area (Å²) in [5, 5.41) is 23.9. The first-order valence-electron chi connectivity index (χ1n) is 6.48. The van der Waals surface area contributed by atoms with Crippen LogP contribution in [-0.4, -0.2) is 48.4 Å². The number of hydrogen-bond donors (Lipinski definition) is 4. The van der Waals surface area contributed by atoms with E-state index in [2.05, 4.69) is 10.6 Å². The highest BCUT2D eigenvalue weighted by molar-refractivity contribution is 5.95. The predicted octanol–water partition coefficient (Wildman–Crippen LogP) is 0.718. The number of nitrogens with one attached hydrogen (secondary N) is 2. The maximum absolute atomic E-state index is 11.9. The molecule has 1 atom stereocenters. The van der Waals surface area contributed by atoms with Gasteiger partial charge >= 0.3 is 5.97 Å². The van der Waals surface area contributed by atoms with Crippen LogP contribution in [0.1, 0.15) is 12.0 Å². The van der Waals surface area contributed by atoms with Crippen LogP contribution in [0.3, 0.4) is 0 Å². The van der Waals surface area contributed by atoms with Gasteiger partial charge in [-0.2, -0.15) is 0 Å². The van der Waals surface area contributed by atoms with Crippen molar-refractivity contribution < 1.29 is 24.5 Å². The number of carboxylic acid groups (broad SMARTS) is 1. The summed E-state index contributed by atoms with van der Waals surface area (Å²) in [5.41, 5.74) is 1.14. The minimum atomic E-state index is -1.12. The minimum Gasteiger partial charge on any atom is -0.506 e. The van der Waals surface area contributed by atoms with E-state index in [-0.39, 0.29) is 17.9 Å². The number of aliphatic carboxylic acids is 1. The maximum Gasteiger partial charge on any atom is 0.321 e. The van der Waals surface area contributed by atoms with E-state index in [1.165, 1.54) is 13.2 Å². The van der Waals surface area contributed by atoms with Crippen LogP contribution in [0.5, 0.6) is 5.75 Å². The summed E-state index contributed by atoms with van der Waals surface area (Å²) < 4.78 is 4.81. The molecule has 21 heavy (non-hydrogen) atoms. The van der Waals surface area contributed by atoms with E-state index in [0.717, 1.165) is 5.56 Å². The zero-order chi connectivity index (χ0) is 15.8. The summed E-state index contributed by atoms with van der Waals surface area (Å²) in [4.78, 5) is 22.9. The minimum absolute atomic E-state index is 0.0619. The SMILES string of the molecule is COCCN[C@H](CC(=O)Nc1cc(C)ccc1O)C(=O)O. The number of phenols is 1. The standard InChI is InChI=1S/C14H20N2O5/c1-9-3-4-12(17)10(7-9)16-13(18)8-11(14(19)20)15-5-6-21-2/h3-4,7,11,15,17H,5-6,8H2,1-2H3,(H,16,18)(H,19,20)/t11-/m1/s1. The number of aromatic hydroxyl groups is 1. The highest BCUT2D eigenvalue weighted by Crippen LogP contribution is 2.23. The molecule has 0 heterocycles. The number of carboxylic acids is 1. The summed E-state index contributed by atoms with van der Waals surface area (Å²) in [5.74, 6) is -1.67. The van der Waals surface area contributed by atoms with Crippen molar-refractivity contribution in [1.29, 1.82) is 0 Å². The zero-order valence-corrected chi connectivity index (χ0v) is 12.0. The van der Waals surface area contributed by atoms with Gasteiger partial charge in [-0.15, -0.1) is 0 Å². The zero-order valence-electron chi connectivity index (χ0n) is 12.0. The van der Waals surface area contributed by atoms with Gasteiger partial charge in [-0.05, 0) is 24.6 Å². The van der Waals surface area contributed by atoms with Gasteiger partial charge in [0, 0.05) is 13.7 Å². The lowest BCUT2D eigenvalue weighted by atomic mass is 10.1. The van der Waals surface area contributed by atoms with Crippen LogP contribution in [0.2, 0.25) is 0 Å². The molecule has 0 saturated carbocycles. The number of anilines is 1. The molecule has 1 amide bonds. The molecule has 116 valence electrons. The van der Waals surface area contributed by atoms with Crippen molar-refractivity contribution in [3.05, 3.63) is 23.8 Å². The fourth-order valence-electron chi connectivity index (χ4n) is 1.72. The predicted molar refractivity (Wildman–Crippen MR) is 77.4 cm³/mol. The van der Waals surface area contributed by atoms with Crippen molar-refractivity contribution in [3.8, 4) is 5.75 Å². The van der Waals surface area contributed by atoms with E-state index in [1.54, 1.807) is 12.1 Å². The number of carbonyl (C=O) groups excluding carboxylic acids is 1. The number of phenolic OH excluding ortho intramolecular Hbond substituents is 1. The first kappa shape index (κ1) is 16.9. The highest BCUT2D eigenvalue weighted by Gasteiger charge is 2.21. The molecule has 4 N–H and O–H groups in total. The third-order valence-electron chi connectivity index (χ3n) is 2.81. The molecule has 7 nitrogen and oxygen atoms in total. The van der Waals surface area contributed by atoms with Crippen LogP contribution < -0.4 is 10.6 Å². The van der Waals surface area contributed by atoms with Gasteiger partial charge in [-0.3, -0.25) is 9.59 Å². The van der Waals surface area contributed by atoms with Crippen LogP contribution in [0, 0.1) is 6.92 Å². The summed E-state index contributed by atoms with van der Waals surface area (Å²) in [6, 6.07) is 3.78. The Labute approximate surface area is 122 Å². The average molecular weight is 296 g/mol. The van der Waals surface area contributed by atoms with Crippen molar-refractivity contribution in [2.75, 3.05) is 25.6 Å². The van der Waals surface area contributed by atoms with E-state index >= 15 is 0 Å². The Hall–Kier alpha value is -2.12. The molecule has 0 bridgehead atoms. The number of aryl methyl sites for hydroxylation is 1. The molecule has 0 radical (unpaired) electrons. The smallest absolute Gasteiger partial charge is 0.321 e. The second-order valence-electron chi connectivity index (χ2n) is 4.61. The number of benzene rings is 1. The van der Waals surface area contributed by atoms with Crippen molar-refractivity contribution in [3.63, 3.8) is 0 Å². The molecule has 0 aliphatic rings. The molecule has 1 aromatic rings. The van der Waals surface area contributed by atoms with Crippen molar-refractivity contribution in [2.24, 2.45) is 0 Å². The highest BCUT2D eigenvalue weighted by atomic mass is 16.5. The summed E-state index contributed by atoms with van der Waals surface area (Å²) in [6.07, 6.45) is -0.244. The number of ether oxygens (including phenoxy) is 1. The van der Waals surface area contributed by atoms with Gasteiger partial charge in [-0.25, -0.2) is 0 Å². The van der Waals surface area contributed by atoms with Crippen molar-refractivity contribution >= 4 is 17.6 Å². The Balaban J connectivity index is 2.61. The van der Waals surface area contributed by atoms with E-state index in [0.29, 0.717) is 13.2 Å². The second kappa shape index (κ2) is 8.23. The van der Waals surface area contributed by atoms with Gasteiger partial charge in [-0.1, -0.05) is 6.07 Å². The number of amides is 1. The molecule has 0 spiro atoms. The monoisotopic (exact) mass is 296 g/mol. The van der Waals surface area contributed by atoms with Crippen LogP contribution >= 0.6 is 0 Å². The van der Waals surface area contributed by atoms with Crippen LogP contribution in [0.15, 0.2) is 18.2 Å². The number of methoxy groups -OCH3 is 1. The first-order valence-corrected chi connectivity index (χ1v) is 6.48. The molecular formula is C14H20N2O5. The lowest BCUT2D eigenvalue weighted by molar-refractivity contribution is -0.141. The van der Waals surface area contributed by atoms with Gasteiger partial charge < -0.3 is 25.6 Å². The molecule has 0 fully saturated rings. The topological polar surface area (TPSA) is 108 Å². The van der Waals surface area contributed by atoms with Crippen molar-refractivity contribution in [1.82, 2.24) is 5.32 Å². The molecule has 0 unspecified atom stereocenters. The fraction of sp³-hybridized carbons (Fsp3) is 0.429. The number of carbonyl (C=O) groups is 2. The Morgan fingerprint density at radius 2 is 2.10 bits per heavy atom. The molecule has 0 aliphatic heterocycles. The largest absolute Gasteiger partial charge is 0.506 e. The molecule has 0 aliphatic carbocycles. The maximum atomic E-state index is 11.9. The van der Waals surface area contributed by atoms with E-state index in [9.17, 15) is 14.7 Å². The molecule has 0 aromatic heterocycles. The summed E-state index contributed by atoms with van der Waals surface area (Å²) in [7, 11) is 1.50. The quantitative estimate of drug-likeness (QED) is 0.416. The normalized spacial score (nSPS) is 11.9. The fourth-order valence-corrected chi connectivity index (χ4v) is 1.72. The molecule has 1 aromatic carbocycles. The Kier molecular flexibility index (Phi) is 6.64. The Bertz CT molecular complexity index is 504. The van der Waals surface area contributed by atoms with Gasteiger partial charge in [0.15, 0.2) is 0 Å². The van der Waals surface area contributed by atoms with Gasteiger partial charge in [0.25, 0.3) is 0 Å². The van der Waals surface area contributed by atoms with Crippen LogP contribution in [-0.2, 0) is 14.3 Å². The van der Waals surface area contributed by atoms with E-state index in [1.807, 2.05) is 6.92 Å². The number of hydrogen-bond acceptors (Lipinski definition) is 5. The van der Waals surface area contributed by atoms with Crippen molar-refractivity contribution in [2.45, 2.75) is 19.4 Å². The van der Waals surface area contributed by atoms with E-state index in [4.69, 9.17) is 9.84 Å². The third-order valence-corrected chi connectivity index (χ3v) is 2.81. The Morgan fingerprint density at radius 3 is 2.71 bits per heavy atom. The lowest BCUT2D eigenvalue weighted by Gasteiger charge is -2.14. The lowest BCUT2D eigenvalue weighted by Crippen LogP contribution is -2.41. The third kappa shape index (κ3) is 5.80. The van der Waals surface area contributed by atoms with Gasteiger partial charge in [0.05, 0.1) is 18.7 Å². The second-order valence-corrected chi connectivity index (χ2v) is 4.61. The Morgan fingerprint density at radius 1 is 1.38 bits per heavy atom. The van der Waals surface area contributed by atoms with Crippen LogP contribution in [0.4, 0.5) is 5.69 Å². The summed E-state index contributed by atoms with van der Waals surface area (Å²) in [6.45, 7) is 2.50. The number of rotatable bonds is 8.